The first kappa shape index (κ1) is 24.1. The molecule has 6 heteroatoms. The van der Waals surface area contributed by atoms with Crippen LogP contribution in [0.25, 0.3) is 0 Å². The first-order valence-corrected chi connectivity index (χ1v) is 8.70. The molecular formula is C17H34O6. The molecule has 138 valence electrons. The van der Waals surface area contributed by atoms with E-state index in [1.54, 1.807) is 0 Å². The van der Waals surface area contributed by atoms with Crippen LogP contribution in [0.15, 0.2) is 0 Å². The number of rotatable bonds is 15. The molecule has 0 aliphatic rings. The van der Waals surface area contributed by atoms with Crippen LogP contribution in [0.3, 0.4) is 0 Å². The molecule has 0 amide bonds. The average Bonchev–Trinajstić information content (AvgIpc) is 2.50. The molecule has 0 rings (SSSR count). The van der Waals surface area contributed by atoms with Gasteiger partial charge in [-0.05, 0) is 25.7 Å². The SMILES string of the molecule is O=C(O)CCCCCCCCCCCC(=O)O.OCCCCO. The Morgan fingerprint density at radius 3 is 0.957 bits per heavy atom. The highest BCUT2D eigenvalue weighted by Crippen LogP contribution is 2.11. The maximum Gasteiger partial charge on any atom is 0.303 e. The summed E-state index contributed by atoms with van der Waals surface area (Å²) >= 11 is 0. The highest BCUT2D eigenvalue weighted by molar-refractivity contribution is 5.66. The predicted octanol–water partition coefficient (Wildman–Crippen LogP) is 3.20. The molecule has 0 saturated heterocycles. The van der Waals surface area contributed by atoms with E-state index < -0.39 is 11.9 Å². The fourth-order valence-electron chi connectivity index (χ4n) is 2.01. The maximum atomic E-state index is 10.2. The van der Waals surface area contributed by atoms with Gasteiger partial charge in [0, 0.05) is 26.1 Å². The lowest BCUT2D eigenvalue weighted by Gasteiger charge is -2.01. The zero-order valence-corrected chi connectivity index (χ0v) is 14.2. The Morgan fingerprint density at radius 2 is 0.739 bits per heavy atom. The van der Waals surface area contributed by atoms with E-state index in [0.29, 0.717) is 0 Å². The Kier molecular flexibility index (Phi) is 21.9. The third-order valence-corrected chi connectivity index (χ3v) is 3.35. The van der Waals surface area contributed by atoms with E-state index in [9.17, 15) is 9.59 Å². The van der Waals surface area contributed by atoms with Gasteiger partial charge in [-0.2, -0.15) is 0 Å². The van der Waals surface area contributed by atoms with E-state index >= 15 is 0 Å². The molecule has 0 fully saturated rings. The molecule has 0 unspecified atom stereocenters. The number of carboxylic acids is 2. The van der Waals surface area contributed by atoms with Gasteiger partial charge >= 0.3 is 11.9 Å². The van der Waals surface area contributed by atoms with Crippen LogP contribution in [0, 0.1) is 0 Å². The highest BCUT2D eigenvalue weighted by atomic mass is 16.4. The molecule has 6 nitrogen and oxygen atoms in total. The van der Waals surface area contributed by atoms with Crippen molar-refractivity contribution in [1.82, 2.24) is 0 Å². The number of unbranched alkanes of at least 4 members (excludes halogenated alkanes) is 9. The van der Waals surface area contributed by atoms with E-state index in [4.69, 9.17) is 20.4 Å². The number of hydrogen-bond acceptors (Lipinski definition) is 4. The lowest BCUT2D eigenvalue weighted by molar-refractivity contribution is -0.138. The summed E-state index contributed by atoms with van der Waals surface area (Å²) in [6.45, 7) is 0.390. The van der Waals surface area contributed by atoms with Crippen LogP contribution in [-0.4, -0.2) is 45.6 Å². The Bertz CT molecular complexity index is 242. The molecule has 0 bridgehead atoms. The summed E-state index contributed by atoms with van der Waals surface area (Å²) in [5, 5.41) is 33.0. The quantitative estimate of drug-likeness (QED) is 0.342. The van der Waals surface area contributed by atoms with Crippen LogP contribution in [-0.2, 0) is 9.59 Å². The third-order valence-electron chi connectivity index (χ3n) is 3.35. The van der Waals surface area contributed by atoms with Crippen LogP contribution in [0.4, 0.5) is 0 Å². The monoisotopic (exact) mass is 334 g/mol. The van der Waals surface area contributed by atoms with Gasteiger partial charge in [0.1, 0.15) is 0 Å². The summed E-state index contributed by atoms with van der Waals surface area (Å²) in [5.74, 6) is -1.41. The molecule has 0 atom stereocenters. The summed E-state index contributed by atoms with van der Waals surface area (Å²) < 4.78 is 0. The zero-order chi connectivity index (χ0) is 17.8. The molecule has 0 spiro atoms. The van der Waals surface area contributed by atoms with Gasteiger partial charge in [-0.15, -0.1) is 0 Å². The summed E-state index contributed by atoms with van der Waals surface area (Å²) in [7, 11) is 0. The van der Waals surface area contributed by atoms with Crippen LogP contribution in [0.2, 0.25) is 0 Å². The number of hydrogen-bond donors (Lipinski definition) is 4. The van der Waals surface area contributed by atoms with Crippen molar-refractivity contribution in [2.24, 2.45) is 0 Å². The van der Waals surface area contributed by atoms with Crippen molar-refractivity contribution in [2.45, 2.75) is 83.5 Å². The van der Waals surface area contributed by atoms with E-state index in [0.717, 1.165) is 51.4 Å². The van der Waals surface area contributed by atoms with Gasteiger partial charge in [-0.1, -0.05) is 44.9 Å². The first-order chi connectivity index (χ1) is 11.0. The maximum absolute atomic E-state index is 10.2. The van der Waals surface area contributed by atoms with Crippen molar-refractivity contribution in [3.63, 3.8) is 0 Å². The van der Waals surface area contributed by atoms with Crippen molar-refractivity contribution >= 4 is 11.9 Å². The Hall–Kier alpha value is -1.14. The fraction of sp³-hybridized carbons (Fsp3) is 0.882. The molecule has 0 saturated carbocycles. The molecule has 0 aromatic carbocycles. The lowest BCUT2D eigenvalue weighted by atomic mass is 10.1. The zero-order valence-electron chi connectivity index (χ0n) is 14.2. The Morgan fingerprint density at radius 1 is 0.478 bits per heavy atom. The van der Waals surface area contributed by atoms with Crippen LogP contribution in [0.1, 0.15) is 83.5 Å². The normalized spacial score (nSPS) is 10.0. The minimum Gasteiger partial charge on any atom is -0.481 e. The Labute approximate surface area is 139 Å². The second-order valence-electron chi connectivity index (χ2n) is 5.62. The smallest absolute Gasteiger partial charge is 0.303 e. The molecule has 23 heavy (non-hydrogen) atoms. The predicted molar refractivity (Wildman–Crippen MR) is 89.5 cm³/mol. The molecule has 0 aromatic heterocycles. The summed E-state index contributed by atoms with van der Waals surface area (Å²) in [4.78, 5) is 20.5. The fourth-order valence-corrected chi connectivity index (χ4v) is 2.01. The van der Waals surface area contributed by atoms with Gasteiger partial charge in [0.2, 0.25) is 0 Å². The number of aliphatic hydroxyl groups excluding tert-OH is 2. The minimum absolute atomic E-state index is 0.195. The second kappa shape index (κ2) is 20.9. The van der Waals surface area contributed by atoms with Crippen molar-refractivity contribution in [3.8, 4) is 0 Å². The van der Waals surface area contributed by atoms with Crippen LogP contribution >= 0.6 is 0 Å². The van der Waals surface area contributed by atoms with E-state index in [2.05, 4.69) is 0 Å². The standard InChI is InChI=1S/C13H24O4.C4H10O2/c14-12(15)10-8-6-4-2-1-3-5-7-9-11-13(16)17;5-3-1-2-4-6/h1-11H2,(H,14,15)(H,16,17);5-6H,1-4H2. The van der Waals surface area contributed by atoms with Crippen LogP contribution < -0.4 is 0 Å². The summed E-state index contributed by atoms with van der Waals surface area (Å²) in [5.41, 5.74) is 0. The Balaban J connectivity index is 0. The highest BCUT2D eigenvalue weighted by Gasteiger charge is 1.98. The molecular weight excluding hydrogens is 300 g/mol. The third kappa shape index (κ3) is 29.5. The average molecular weight is 334 g/mol. The van der Waals surface area contributed by atoms with E-state index in [-0.39, 0.29) is 26.1 Å². The minimum atomic E-state index is -0.705. The summed E-state index contributed by atoms with van der Waals surface area (Å²) in [6.07, 6.45) is 11.3. The largest absolute Gasteiger partial charge is 0.481 e. The number of aliphatic hydroxyl groups is 2. The van der Waals surface area contributed by atoms with Gasteiger partial charge < -0.3 is 20.4 Å². The van der Waals surface area contributed by atoms with Gasteiger partial charge in [0.25, 0.3) is 0 Å². The molecule has 0 aliphatic carbocycles. The molecule has 0 heterocycles. The number of aliphatic carboxylic acids is 2. The van der Waals surface area contributed by atoms with E-state index in [1.807, 2.05) is 0 Å². The molecule has 0 aliphatic heterocycles. The van der Waals surface area contributed by atoms with Gasteiger partial charge in [-0.3, -0.25) is 9.59 Å². The van der Waals surface area contributed by atoms with Crippen molar-refractivity contribution < 1.29 is 30.0 Å². The first-order valence-electron chi connectivity index (χ1n) is 8.70. The van der Waals surface area contributed by atoms with Crippen molar-refractivity contribution in [2.75, 3.05) is 13.2 Å². The molecule has 0 aromatic rings. The molecule has 0 radical (unpaired) electrons. The summed E-state index contributed by atoms with van der Waals surface area (Å²) in [6, 6.07) is 0. The topological polar surface area (TPSA) is 115 Å². The van der Waals surface area contributed by atoms with E-state index in [1.165, 1.54) is 19.3 Å². The van der Waals surface area contributed by atoms with Crippen LogP contribution in [0.5, 0.6) is 0 Å². The van der Waals surface area contributed by atoms with Gasteiger partial charge in [0.05, 0.1) is 0 Å². The number of carboxylic acid groups (broad SMARTS) is 2. The van der Waals surface area contributed by atoms with Crippen molar-refractivity contribution in [3.05, 3.63) is 0 Å². The lowest BCUT2D eigenvalue weighted by Crippen LogP contribution is -1.94. The second-order valence-corrected chi connectivity index (χ2v) is 5.62. The number of carbonyl (C=O) groups is 2. The molecule has 4 N–H and O–H groups in total. The van der Waals surface area contributed by atoms with Crippen molar-refractivity contribution in [1.29, 1.82) is 0 Å². The van der Waals surface area contributed by atoms with Gasteiger partial charge in [-0.25, -0.2) is 0 Å². The van der Waals surface area contributed by atoms with Gasteiger partial charge in [0.15, 0.2) is 0 Å².